The van der Waals surface area contributed by atoms with E-state index in [1.54, 1.807) is 0 Å². The van der Waals surface area contributed by atoms with Gasteiger partial charge >= 0.3 is 0 Å². The number of rotatable bonds is 4. The number of aliphatic hydroxyl groups excluding tert-OH is 1. The molecule has 96 valence electrons. The molecule has 17 heavy (non-hydrogen) atoms. The first-order valence-corrected chi connectivity index (χ1v) is 6.49. The fourth-order valence-corrected chi connectivity index (χ4v) is 2.43. The fourth-order valence-electron chi connectivity index (χ4n) is 2.43. The maximum absolute atomic E-state index is 9.65. The van der Waals surface area contributed by atoms with Crippen LogP contribution in [0.5, 0.6) is 0 Å². The van der Waals surface area contributed by atoms with E-state index in [2.05, 4.69) is 26.6 Å². The van der Waals surface area contributed by atoms with Gasteiger partial charge in [0.1, 0.15) is 11.6 Å². The van der Waals surface area contributed by atoms with Gasteiger partial charge in [0, 0.05) is 13.1 Å². The Morgan fingerprint density at radius 3 is 2.94 bits per heavy atom. The van der Waals surface area contributed by atoms with E-state index in [1.807, 2.05) is 6.92 Å². The number of aryl methyl sites for hydroxylation is 1. The maximum Gasteiger partial charge on any atom is 0.147 e. The Labute approximate surface area is 102 Å². The molecule has 2 heterocycles. The Morgan fingerprint density at radius 2 is 2.24 bits per heavy atom. The van der Waals surface area contributed by atoms with Gasteiger partial charge in [-0.05, 0) is 32.7 Å². The number of hydrogen-bond donors (Lipinski definition) is 1. The topological polar surface area (TPSA) is 54.2 Å². The number of hydrogen-bond acceptors (Lipinski definition) is 4. The highest BCUT2D eigenvalue weighted by atomic mass is 16.3. The van der Waals surface area contributed by atoms with Crippen molar-refractivity contribution in [3.63, 3.8) is 0 Å². The third-order valence-corrected chi connectivity index (χ3v) is 3.31. The third kappa shape index (κ3) is 3.04. The predicted molar refractivity (Wildman–Crippen MR) is 65.6 cm³/mol. The van der Waals surface area contributed by atoms with E-state index in [1.165, 1.54) is 0 Å². The van der Waals surface area contributed by atoms with E-state index in [9.17, 15) is 5.11 Å². The highest BCUT2D eigenvalue weighted by Crippen LogP contribution is 2.13. The second-order valence-electron chi connectivity index (χ2n) is 4.85. The van der Waals surface area contributed by atoms with Crippen LogP contribution in [0.2, 0.25) is 0 Å². The Morgan fingerprint density at radius 1 is 1.41 bits per heavy atom. The van der Waals surface area contributed by atoms with E-state index >= 15 is 0 Å². The summed E-state index contributed by atoms with van der Waals surface area (Å²) in [6, 6.07) is 0. The van der Waals surface area contributed by atoms with Crippen molar-refractivity contribution >= 4 is 0 Å². The zero-order chi connectivity index (χ0) is 12.3. The molecule has 1 aliphatic heterocycles. The summed E-state index contributed by atoms with van der Waals surface area (Å²) in [6.45, 7) is 7.75. The second kappa shape index (κ2) is 5.60. The maximum atomic E-state index is 9.65. The first-order chi connectivity index (χ1) is 8.20. The van der Waals surface area contributed by atoms with Crippen LogP contribution in [0.15, 0.2) is 0 Å². The lowest BCUT2D eigenvalue weighted by Crippen LogP contribution is -2.38. The highest BCUT2D eigenvalue weighted by Gasteiger charge is 2.20. The van der Waals surface area contributed by atoms with Gasteiger partial charge in [-0.15, -0.1) is 10.2 Å². The molecule has 0 aromatic carbocycles. The molecule has 1 aliphatic rings. The summed E-state index contributed by atoms with van der Waals surface area (Å²) in [5.41, 5.74) is 0. The molecule has 1 N–H and O–H groups in total. The van der Waals surface area contributed by atoms with Gasteiger partial charge in [0.25, 0.3) is 0 Å². The Balaban J connectivity index is 2.02. The molecule has 0 amide bonds. The molecule has 1 atom stereocenters. The highest BCUT2D eigenvalue weighted by molar-refractivity contribution is 4.94. The van der Waals surface area contributed by atoms with Crippen molar-refractivity contribution in [3.05, 3.63) is 11.6 Å². The van der Waals surface area contributed by atoms with E-state index < -0.39 is 0 Å². The normalized spacial score (nSPS) is 21.9. The summed E-state index contributed by atoms with van der Waals surface area (Å²) in [4.78, 5) is 2.27. The molecule has 1 saturated heterocycles. The summed E-state index contributed by atoms with van der Waals surface area (Å²) in [5, 5.41) is 18.0. The summed E-state index contributed by atoms with van der Waals surface area (Å²) >= 11 is 0. The molecule has 5 nitrogen and oxygen atoms in total. The monoisotopic (exact) mass is 238 g/mol. The Bertz CT molecular complexity index is 363. The molecule has 0 saturated carbocycles. The lowest BCUT2D eigenvalue weighted by molar-refractivity contribution is 0.0648. The lowest BCUT2D eigenvalue weighted by Gasteiger charge is -2.29. The summed E-state index contributed by atoms with van der Waals surface area (Å²) < 4.78 is 2.18. The van der Waals surface area contributed by atoms with Crippen LogP contribution in [0, 0.1) is 6.92 Å². The molecule has 0 spiro atoms. The van der Waals surface area contributed by atoms with E-state index in [0.29, 0.717) is 0 Å². The minimum atomic E-state index is -0.174. The van der Waals surface area contributed by atoms with E-state index in [0.717, 1.165) is 57.1 Å². The van der Waals surface area contributed by atoms with Crippen molar-refractivity contribution in [3.8, 4) is 0 Å². The van der Waals surface area contributed by atoms with Gasteiger partial charge < -0.3 is 9.67 Å². The van der Waals surface area contributed by atoms with Gasteiger partial charge in [0.15, 0.2) is 0 Å². The number of piperidine rings is 1. The van der Waals surface area contributed by atoms with Crippen molar-refractivity contribution in [1.82, 2.24) is 19.7 Å². The van der Waals surface area contributed by atoms with Crippen molar-refractivity contribution in [1.29, 1.82) is 0 Å². The van der Waals surface area contributed by atoms with Crippen molar-refractivity contribution in [2.75, 3.05) is 13.1 Å². The standard InChI is InChI=1S/C12H22N4O/c1-3-6-16-10(2)13-14-12(16)9-15-7-4-5-11(17)8-15/h11,17H,3-9H2,1-2H3. The molecular weight excluding hydrogens is 216 g/mol. The molecule has 1 fully saturated rings. The van der Waals surface area contributed by atoms with Gasteiger partial charge in [0.05, 0.1) is 12.6 Å². The van der Waals surface area contributed by atoms with Gasteiger partial charge in [0.2, 0.25) is 0 Å². The quantitative estimate of drug-likeness (QED) is 0.848. The first-order valence-electron chi connectivity index (χ1n) is 6.49. The SMILES string of the molecule is CCCn1c(C)nnc1CN1CCCC(O)C1. The van der Waals surface area contributed by atoms with Crippen molar-refractivity contribution in [2.45, 2.75) is 52.3 Å². The number of aromatic nitrogens is 3. The molecule has 1 aromatic heterocycles. The van der Waals surface area contributed by atoms with Gasteiger partial charge in [-0.2, -0.15) is 0 Å². The van der Waals surface area contributed by atoms with Gasteiger partial charge in [-0.3, -0.25) is 4.90 Å². The van der Waals surface area contributed by atoms with Crippen LogP contribution in [0.4, 0.5) is 0 Å². The predicted octanol–water partition coefficient (Wildman–Crippen LogP) is 0.953. The van der Waals surface area contributed by atoms with Crippen LogP contribution in [0.1, 0.15) is 37.8 Å². The van der Waals surface area contributed by atoms with E-state index in [4.69, 9.17) is 0 Å². The summed E-state index contributed by atoms with van der Waals surface area (Å²) in [5.74, 6) is 2.01. The second-order valence-corrected chi connectivity index (χ2v) is 4.85. The molecule has 0 radical (unpaired) electrons. The molecule has 0 bridgehead atoms. The largest absolute Gasteiger partial charge is 0.392 e. The third-order valence-electron chi connectivity index (χ3n) is 3.31. The van der Waals surface area contributed by atoms with Crippen molar-refractivity contribution < 1.29 is 5.11 Å². The minimum Gasteiger partial charge on any atom is -0.392 e. The smallest absolute Gasteiger partial charge is 0.147 e. The lowest BCUT2D eigenvalue weighted by atomic mass is 10.1. The van der Waals surface area contributed by atoms with Gasteiger partial charge in [-0.1, -0.05) is 6.92 Å². The molecule has 1 aromatic rings. The van der Waals surface area contributed by atoms with Crippen LogP contribution in [0.3, 0.4) is 0 Å². The zero-order valence-corrected chi connectivity index (χ0v) is 10.8. The molecule has 0 aliphatic carbocycles. The number of likely N-dealkylation sites (tertiary alicyclic amines) is 1. The number of nitrogens with zero attached hydrogens (tertiary/aromatic N) is 4. The zero-order valence-electron chi connectivity index (χ0n) is 10.8. The number of aliphatic hydroxyl groups is 1. The average Bonchev–Trinajstić information content (AvgIpc) is 2.62. The molecular formula is C12H22N4O. The van der Waals surface area contributed by atoms with E-state index in [-0.39, 0.29) is 6.10 Å². The Hall–Kier alpha value is -0.940. The summed E-state index contributed by atoms with van der Waals surface area (Å²) in [6.07, 6.45) is 2.92. The summed E-state index contributed by atoms with van der Waals surface area (Å²) in [7, 11) is 0. The minimum absolute atomic E-state index is 0.174. The Kier molecular flexibility index (Phi) is 4.12. The molecule has 1 unspecified atom stereocenters. The molecule has 2 rings (SSSR count). The first kappa shape index (κ1) is 12.5. The van der Waals surface area contributed by atoms with Crippen LogP contribution in [0.25, 0.3) is 0 Å². The van der Waals surface area contributed by atoms with Crippen LogP contribution in [-0.4, -0.2) is 44.0 Å². The molecule has 5 heteroatoms. The fraction of sp³-hybridized carbons (Fsp3) is 0.833. The number of β-amino-alcohol motifs (C(OH)–C–C–N with tert-alkyl or cyclic N) is 1. The van der Waals surface area contributed by atoms with Crippen LogP contribution < -0.4 is 0 Å². The van der Waals surface area contributed by atoms with Crippen LogP contribution in [-0.2, 0) is 13.1 Å². The van der Waals surface area contributed by atoms with Gasteiger partial charge in [-0.25, -0.2) is 0 Å². The van der Waals surface area contributed by atoms with Crippen molar-refractivity contribution in [2.24, 2.45) is 0 Å². The van der Waals surface area contributed by atoms with Crippen LogP contribution >= 0.6 is 0 Å². The average molecular weight is 238 g/mol.